The molecular formula is C30H24N2O6S. The number of hydrogen-bond donors (Lipinski definition) is 2. The molecule has 2 unspecified atom stereocenters. The van der Waals surface area contributed by atoms with Gasteiger partial charge >= 0.3 is 11.9 Å². The molecule has 2 amide bonds. The monoisotopic (exact) mass is 540 g/mol. The molecule has 5 rings (SSSR count). The van der Waals surface area contributed by atoms with Gasteiger partial charge in [0.15, 0.2) is 0 Å². The fourth-order valence-electron chi connectivity index (χ4n) is 4.12. The molecule has 0 spiro atoms. The maximum Gasteiger partial charge on any atom is 0.348 e. The SMILES string of the molecule is O=C1NC(c2ccccc2)COC(=O)c2ccc(s2)C(=O)OCC(c2ccccc2)NC(=O)c2cccc1c2. The number of carbonyl (C=O) groups is 4. The molecule has 0 fully saturated rings. The lowest BCUT2D eigenvalue weighted by Crippen LogP contribution is -2.33. The summed E-state index contributed by atoms with van der Waals surface area (Å²) in [6.45, 7) is -0.267. The maximum absolute atomic E-state index is 13.2. The molecule has 2 heterocycles. The van der Waals surface area contributed by atoms with Gasteiger partial charge in [-0.15, -0.1) is 11.3 Å². The van der Waals surface area contributed by atoms with Crippen LogP contribution in [0.25, 0.3) is 0 Å². The molecule has 0 saturated heterocycles. The number of benzene rings is 3. The van der Waals surface area contributed by atoms with E-state index in [1.165, 1.54) is 18.2 Å². The van der Waals surface area contributed by atoms with Crippen molar-refractivity contribution in [2.75, 3.05) is 13.2 Å². The summed E-state index contributed by atoms with van der Waals surface area (Å²) >= 11 is 0.950. The van der Waals surface area contributed by atoms with E-state index in [2.05, 4.69) is 10.6 Å². The quantitative estimate of drug-likeness (QED) is 0.356. The summed E-state index contributed by atoms with van der Waals surface area (Å²) in [5.41, 5.74) is 2.01. The first kappa shape index (κ1) is 25.9. The summed E-state index contributed by atoms with van der Waals surface area (Å²) in [6, 6.07) is 26.2. The van der Waals surface area contributed by atoms with Crippen molar-refractivity contribution in [2.45, 2.75) is 12.1 Å². The van der Waals surface area contributed by atoms with Gasteiger partial charge in [-0.3, -0.25) is 9.59 Å². The summed E-state index contributed by atoms with van der Waals surface area (Å²) in [6.07, 6.45) is 0. The van der Waals surface area contributed by atoms with Crippen LogP contribution in [0.4, 0.5) is 0 Å². The van der Waals surface area contributed by atoms with Crippen LogP contribution in [0.2, 0.25) is 0 Å². The van der Waals surface area contributed by atoms with Gasteiger partial charge in [-0.25, -0.2) is 9.59 Å². The minimum absolute atomic E-state index is 0.134. The Balaban J connectivity index is 1.49. The maximum atomic E-state index is 13.2. The third-order valence-corrected chi connectivity index (χ3v) is 7.22. The first-order chi connectivity index (χ1) is 19.0. The second-order valence-electron chi connectivity index (χ2n) is 8.82. The van der Waals surface area contributed by atoms with E-state index in [1.54, 1.807) is 18.2 Å². The molecule has 0 aliphatic carbocycles. The lowest BCUT2D eigenvalue weighted by Gasteiger charge is -2.20. The molecule has 1 aliphatic heterocycles. The Morgan fingerprint density at radius 2 is 1.00 bits per heavy atom. The topological polar surface area (TPSA) is 111 Å². The summed E-state index contributed by atoms with van der Waals surface area (Å²) in [5, 5.41) is 5.81. The van der Waals surface area contributed by atoms with E-state index in [1.807, 2.05) is 60.7 Å². The summed E-state index contributed by atoms with van der Waals surface area (Å²) in [7, 11) is 0. The Hall–Kier alpha value is -4.76. The molecule has 0 radical (unpaired) electrons. The molecular weight excluding hydrogens is 516 g/mol. The molecule has 1 aliphatic rings. The standard InChI is InChI=1S/C30H24N2O6S/c33-27-21-12-7-13-22(16-21)28(34)32-24(20-10-5-2-6-11-20)18-38-30(36)26-15-14-25(39-26)29(35)37-17-23(31-27)19-8-3-1-4-9-19/h1-16,23-24H,17-18H2,(H,31,33)(H,32,34). The van der Waals surface area contributed by atoms with Crippen molar-refractivity contribution in [3.8, 4) is 0 Å². The van der Waals surface area contributed by atoms with Gasteiger partial charge < -0.3 is 20.1 Å². The molecule has 39 heavy (non-hydrogen) atoms. The van der Waals surface area contributed by atoms with Crippen LogP contribution in [0.5, 0.6) is 0 Å². The van der Waals surface area contributed by atoms with Gasteiger partial charge in [-0.2, -0.15) is 0 Å². The van der Waals surface area contributed by atoms with Crippen LogP contribution in [0.15, 0.2) is 97.1 Å². The molecule has 2 N–H and O–H groups in total. The molecule has 196 valence electrons. The van der Waals surface area contributed by atoms with Crippen LogP contribution in [-0.2, 0) is 9.47 Å². The fourth-order valence-corrected chi connectivity index (χ4v) is 4.91. The highest BCUT2D eigenvalue weighted by atomic mass is 32.1. The molecule has 3 aromatic carbocycles. The van der Waals surface area contributed by atoms with Gasteiger partial charge in [0.2, 0.25) is 0 Å². The van der Waals surface area contributed by atoms with Crippen molar-refractivity contribution in [1.82, 2.24) is 10.6 Å². The number of rotatable bonds is 2. The Bertz CT molecular complexity index is 1390. The van der Waals surface area contributed by atoms with Crippen LogP contribution >= 0.6 is 11.3 Å². The largest absolute Gasteiger partial charge is 0.459 e. The Labute approximate surface area is 228 Å². The molecule has 4 aromatic rings. The first-order valence-corrected chi connectivity index (χ1v) is 13.1. The Morgan fingerprint density at radius 3 is 1.44 bits per heavy atom. The second kappa shape index (κ2) is 11.7. The second-order valence-corrected chi connectivity index (χ2v) is 9.90. The molecule has 9 heteroatoms. The van der Waals surface area contributed by atoms with E-state index in [4.69, 9.17) is 9.47 Å². The predicted octanol–water partition coefficient (Wildman–Crippen LogP) is 4.72. The predicted molar refractivity (Wildman–Crippen MR) is 145 cm³/mol. The van der Waals surface area contributed by atoms with Crippen molar-refractivity contribution in [2.24, 2.45) is 0 Å². The fraction of sp³-hybridized carbons (Fsp3) is 0.133. The number of nitrogens with one attached hydrogen (secondary N) is 2. The zero-order chi connectivity index (χ0) is 27.2. The number of amides is 2. The zero-order valence-corrected chi connectivity index (χ0v) is 21.5. The number of carbonyl (C=O) groups excluding carboxylic acids is 4. The van der Waals surface area contributed by atoms with Crippen LogP contribution in [-0.4, -0.2) is 37.0 Å². The normalized spacial score (nSPS) is 18.6. The average Bonchev–Trinajstić information content (AvgIpc) is 3.48. The van der Waals surface area contributed by atoms with Crippen molar-refractivity contribution >= 4 is 35.1 Å². The smallest absolute Gasteiger partial charge is 0.348 e. The van der Waals surface area contributed by atoms with Gasteiger partial charge in [0.1, 0.15) is 23.0 Å². The number of esters is 2. The highest BCUT2D eigenvalue weighted by molar-refractivity contribution is 7.15. The van der Waals surface area contributed by atoms with Gasteiger partial charge in [0.25, 0.3) is 11.8 Å². The van der Waals surface area contributed by atoms with E-state index < -0.39 is 35.8 Å². The number of cyclic esters (lactones) is 2. The molecule has 1 aromatic heterocycles. The van der Waals surface area contributed by atoms with Gasteiger partial charge in [-0.1, -0.05) is 66.7 Å². The number of thiophene rings is 1. The van der Waals surface area contributed by atoms with Crippen molar-refractivity contribution in [3.63, 3.8) is 0 Å². The van der Waals surface area contributed by atoms with Gasteiger partial charge in [0.05, 0.1) is 12.1 Å². The van der Waals surface area contributed by atoms with E-state index in [0.717, 1.165) is 22.5 Å². The van der Waals surface area contributed by atoms with Crippen LogP contribution in [0.1, 0.15) is 63.3 Å². The van der Waals surface area contributed by atoms with Crippen LogP contribution < -0.4 is 10.6 Å². The van der Waals surface area contributed by atoms with E-state index in [0.29, 0.717) is 0 Å². The summed E-state index contributed by atoms with van der Waals surface area (Å²) < 4.78 is 11.0. The van der Waals surface area contributed by atoms with Gasteiger partial charge in [0, 0.05) is 11.1 Å². The average molecular weight is 541 g/mol. The van der Waals surface area contributed by atoms with Crippen molar-refractivity contribution < 1.29 is 28.7 Å². The van der Waals surface area contributed by atoms with Crippen molar-refractivity contribution in [1.29, 1.82) is 0 Å². The van der Waals surface area contributed by atoms with Crippen LogP contribution in [0.3, 0.4) is 0 Å². The Kier molecular flexibility index (Phi) is 7.79. The summed E-state index contributed by atoms with van der Waals surface area (Å²) in [4.78, 5) is 52.5. The highest BCUT2D eigenvalue weighted by Crippen LogP contribution is 2.22. The third-order valence-electron chi connectivity index (χ3n) is 6.17. The first-order valence-electron chi connectivity index (χ1n) is 12.2. The summed E-state index contributed by atoms with van der Waals surface area (Å²) in [5.74, 6) is -2.09. The van der Waals surface area contributed by atoms with E-state index in [9.17, 15) is 19.2 Å². The number of ether oxygens (including phenoxy) is 2. The number of hydrogen-bond acceptors (Lipinski definition) is 7. The zero-order valence-electron chi connectivity index (χ0n) is 20.7. The minimum Gasteiger partial charge on any atom is -0.459 e. The van der Waals surface area contributed by atoms with E-state index in [-0.39, 0.29) is 34.1 Å². The molecule has 0 saturated carbocycles. The third kappa shape index (κ3) is 6.22. The lowest BCUT2D eigenvalue weighted by molar-refractivity contribution is 0.0458. The number of fused-ring (bicyclic) bond motifs is 4. The van der Waals surface area contributed by atoms with Gasteiger partial charge in [-0.05, 0) is 41.5 Å². The molecule has 8 nitrogen and oxygen atoms in total. The van der Waals surface area contributed by atoms with Crippen molar-refractivity contribution in [3.05, 3.63) is 129 Å². The highest BCUT2D eigenvalue weighted by Gasteiger charge is 2.24. The Morgan fingerprint density at radius 1 is 0.564 bits per heavy atom. The van der Waals surface area contributed by atoms with Crippen LogP contribution in [0, 0.1) is 0 Å². The lowest BCUT2D eigenvalue weighted by atomic mass is 10.0. The minimum atomic E-state index is -0.647. The molecule has 2 atom stereocenters. The molecule has 4 bridgehead atoms. The van der Waals surface area contributed by atoms with E-state index >= 15 is 0 Å².